The highest BCUT2D eigenvalue weighted by Crippen LogP contribution is 2.33. The van der Waals surface area contributed by atoms with Crippen LogP contribution in [-0.2, 0) is 0 Å². The Hall–Kier alpha value is -4.31. The maximum atomic E-state index is 12.9. The van der Waals surface area contributed by atoms with Crippen LogP contribution in [0.1, 0.15) is 15.9 Å². The summed E-state index contributed by atoms with van der Waals surface area (Å²) >= 11 is 5.99. The molecule has 0 spiro atoms. The Kier molecular flexibility index (Phi) is 5.29. The van der Waals surface area contributed by atoms with E-state index in [0.29, 0.717) is 27.4 Å². The van der Waals surface area contributed by atoms with Crippen LogP contribution in [0.4, 0.5) is 17.1 Å². The summed E-state index contributed by atoms with van der Waals surface area (Å²) in [5.74, 6) is -0.540. The highest BCUT2D eigenvalue weighted by molar-refractivity contribution is 6.31. The van der Waals surface area contributed by atoms with E-state index in [1.54, 1.807) is 42.5 Å². The molecule has 1 aromatic heterocycles. The zero-order valence-electron chi connectivity index (χ0n) is 16.4. The molecule has 4 aromatic rings. The van der Waals surface area contributed by atoms with Crippen molar-refractivity contribution in [2.75, 3.05) is 5.32 Å². The lowest BCUT2D eigenvalue weighted by atomic mass is 10.1. The number of nitro groups is 2. The quantitative estimate of drug-likeness (QED) is 0.310. The SMILES string of the molecule is Cc1c([N+](=O)[O-])cc(C(=O)Nc2ccccc2-c2nc3cc(Cl)ccc3o2)cc1[N+](=O)[O-]. The molecule has 0 unspecified atom stereocenters. The highest BCUT2D eigenvalue weighted by atomic mass is 35.5. The summed E-state index contributed by atoms with van der Waals surface area (Å²) in [7, 11) is 0. The molecule has 1 heterocycles. The van der Waals surface area contributed by atoms with Gasteiger partial charge in [0.25, 0.3) is 17.3 Å². The van der Waals surface area contributed by atoms with Gasteiger partial charge in [0.15, 0.2) is 5.58 Å². The summed E-state index contributed by atoms with van der Waals surface area (Å²) in [5.41, 5.74) is 0.371. The number of amides is 1. The summed E-state index contributed by atoms with van der Waals surface area (Å²) in [5, 5.41) is 25.7. The number of oxazole rings is 1. The Morgan fingerprint density at radius 3 is 2.34 bits per heavy atom. The number of nitrogens with zero attached hydrogens (tertiary/aromatic N) is 3. The van der Waals surface area contributed by atoms with Crippen molar-refractivity contribution in [1.29, 1.82) is 0 Å². The van der Waals surface area contributed by atoms with Gasteiger partial charge in [0.1, 0.15) is 11.1 Å². The third-order valence-electron chi connectivity index (χ3n) is 4.76. The standard InChI is InChI=1S/C21H13ClN4O6/c1-11-17(25(28)29)8-12(9-18(11)26(30)31)20(27)23-15-5-3-2-4-14(15)21-24-16-10-13(22)6-7-19(16)32-21/h2-10H,1H3,(H,23,27). The maximum absolute atomic E-state index is 12.9. The first-order valence-electron chi connectivity index (χ1n) is 9.15. The van der Waals surface area contributed by atoms with Crippen LogP contribution in [0.5, 0.6) is 0 Å². The Morgan fingerprint density at radius 1 is 1.03 bits per heavy atom. The molecule has 0 fully saturated rings. The van der Waals surface area contributed by atoms with Gasteiger partial charge in [-0.1, -0.05) is 23.7 Å². The van der Waals surface area contributed by atoms with Crippen molar-refractivity contribution in [3.63, 3.8) is 0 Å². The normalized spacial score (nSPS) is 10.8. The van der Waals surface area contributed by atoms with E-state index in [0.717, 1.165) is 12.1 Å². The minimum absolute atomic E-state index is 0.137. The van der Waals surface area contributed by atoms with E-state index >= 15 is 0 Å². The number of fused-ring (bicyclic) bond motifs is 1. The lowest BCUT2D eigenvalue weighted by molar-refractivity contribution is -0.395. The largest absolute Gasteiger partial charge is 0.436 e. The molecule has 0 radical (unpaired) electrons. The average molecular weight is 453 g/mol. The molecule has 0 atom stereocenters. The summed E-state index contributed by atoms with van der Waals surface area (Å²) < 4.78 is 5.75. The Labute approximate surface area is 184 Å². The van der Waals surface area contributed by atoms with Gasteiger partial charge in [0.05, 0.1) is 26.7 Å². The molecule has 32 heavy (non-hydrogen) atoms. The van der Waals surface area contributed by atoms with Crippen LogP contribution in [-0.4, -0.2) is 20.7 Å². The molecule has 3 aromatic carbocycles. The number of halogens is 1. The minimum Gasteiger partial charge on any atom is -0.436 e. The van der Waals surface area contributed by atoms with Gasteiger partial charge in [0, 0.05) is 17.2 Å². The number of nitro benzene ring substituents is 2. The van der Waals surface area contributed by atoms with E-state index in [1.807, 2.05) is 0 Å². The smallest absolute Gasteiger partial charge is 0.279 e. The molecule has 0 saturated heterocycles. The van der Waals surface area contributed by atoms with Crippen LogP contribution in [0.2, 0.25) is 5.02 Å². The predicted octanol–water partition coefficient (Wildman–Crippen LogP) is 5.53. The molecule has 0 saturated carbocycles. The van der Waals surface area contributed by atoms with Crippen molar-refractivity contribution in [3.8, 4) is 11.5 Å². The first kappa shape index (κ1) is 20.9. The number of rotatable bonds is 5. The Morgan fingerprint density at radius 2 is 1.69 bits per heavy atom. The first-order chi connectivity index (χ1) is 15.2. The second kappa shape index (κ2) is 8.08. The van der Waals surface area contributed by atoms with Crippen molar-refractivity contribution in [3.05, 3.63) is 91.0 Å². The van der Waals surface area contributed by atoms with E-state index in [4.69, 9.17) is 16.0 Å². The molecule has 11 heteroatoms. The molecule has 0 aliphatic rings. The summed E-state index contributed by atoms with van der Waals surface area (Å²) in [6, 6.07) is 13.6. The molecular weight excluding hydrogens is 440 g/mol. The minimum atomic E-state index is -0.767. The van der Waals surface area contributed by atoms with Crippen LogP contribution in [0.3, 0.4) is 0 Å². The van der Waals surface area contributed by atoms with Crippen molar-refractivity contribution in [2.24, 2.45) is 0 Å². The summed E-state index contributed by atoms with van der Waals surface area (Å²) in [6.07, 6.45) is 0. The Bertz CT molecular complexity index is 1380. The van der Waals surface area contributed by atoms with Gasteiger partial charge in [-0.2, -0.15) is 0 Å². The van der Waals surface area contributed by atoms with Crippen molar-refractivity contribution < 1.29 is 19.1 Å². The number of benzene rings is 3. The number of hydrogen-bond acceptors (Lipinski definition) is 7. The molecular formula is C21H13ClN4O6. The second-order valence-electron chi connectivity index (χ2n) is 6.78. The summed E-state index contributed by atoms with van der Waals surface area (Å²) in [6.45, 7) is 1.26. The van der Waals surface area contributed by atoms with Gasteiger partial charge < -0.3 is 9.73 Å². The average Bonchev–Trinajstić information content (AvgIpc) is 3.16. The van der Waals surface area contributed by atoms with Gasteiger partial charge in [-0.15, -0.1) is 0 Å². The molecule has 10 nitrogen and oxygen atoms in total. The van der Waals surface area contributed by atoms with Gasteiger partial charge in [-0.3, -0.25) is 25.0 Å². The van der Waals surface area contributed by atoms with Crippen LogP contribution in [0, 0.1) is 27.2 Å². The number of carbonyl (C=O) groups is 1. The third-order valence-corrected chi connectivity index (χ3v) is 5.00. The van der Waals surface area contributed by atoms with Crippen LogP contribution >= 0.6 is 11.6 Å². The van der Waals surface area contributed by atoms with E-state index in [9.17, 15) is 25.0 Å². The Balaban J connectivity index is 1.73. The summed E-state index contributed by atoms with van der Waals surface area (Å²) in [4.78, 5) is 38.3. The second-order valence-corrected chi connectivity index (χ2v) is 7.22. The number of anilines is 1. The maximum Gasteiger partial charge on any atom is 0.279 e. The predicted molar refractivity (Wildman–Crippen MR) is 117 cm³/mol. The molecule has 0 aliphatic carbocycles. The van der Waals surface area contributed by atoms with Crippen LogP contribution in [0.25, 0.3) is 22.6 Å². The van der Waals surface area contributed by atoms with Gasteiger partial charge in [-0.25, -0.2) is 4.98 Å². The third kappa shape index (κ3) is 3.86. The molecule has 0 bridgehead atoms. The molecule has 160 valence electrons. The molecule has 1 N–H and O–H groups in total. The zero-order chi connectivity index (χ0) is 23.0. The topological polar surface area (TPSA) is 141 Å². The highest BCUT2D eigenvalue weighted by Gasteiger charge is 2.26. The zero-order valence-corrected chi connectivity index (χ0v) is 17.1. The van der Waals surface area contributed by atoms with Crippen LogP contribution < -0.4 is 5.32 Å². The lowest BCUT2D eigenvalue weighted by Gasteiger charge is -2.09. The van der Waals surface area contributed by atoms with E-state index < -0.39 is 27.1 Å². The number of carbonyl (C=O) groups excluding carboxylic acids is 1. The van der Waals surface area contributed by atoms with Crippen molar-refractivity contribution >= 4 is 45.7 Å². The first-order valence-corrected chi connectivity index (χ1v) is 9.52. The number of aromatic nitrogens is 1. The van der Waals surface area contributed by atoms with Gasteiger partial charge in [-0.05, 0) is 37.3 Å². The van der Waals surface area contributed by atoms with E-state index in [-0.39, 0.29) is 17.0 Å². The van der Waals surface area contributed by atoms with E-state index in [1.165, 1.54) is 6.92 Å². The fourth-order valence-electron chi connectivity index (χ4n) is 3.18. The number of hydrogen-bond donors (Lipinski definition) is 1. The molecule has 4 rings (SSSR count). The van der Waals surface area contributed by atoms with Crippen molar-refractivity contribution in [1.82, 2.24) is 4.98 Å². The monoisotopic (exact) mass is 452 g/mol. The van der Waals surface area contributed by atoms with Crippen LogP contribution in [0.15, 0.2) is 59.0 Å². The lowest BCUT2D eigenvalue weighted by Crippen LogP contribution is -2.14. The van der Waals surface area contributed by atoms with E-state index in [2.05, 4.69) is 10.3 Å². The number of para-hydroxylation sites is 1. The number of nitrogens with one attached hydrogen (secondary N) is 1. The molecule has 1 amide bonds. The van der Waals surface area contributed by atoms with Crippen molar-refractivity contribution in [2.45, 2.75) is 6.92 Å². The van der Waals surface area contributed by atoms with Gasteiger partial charge in [0.2, 0.25) is 5.89 Å². The molecule has 0 aliphatic heterocycles. The fourth-order valence-corrected chi connectivity index (χ4v) is 3.35. The fraction of sp³-hybridized carbons (Fsp3) is 0.0476. The van der Waals surface area contributed by atoms with Gasteiger partial charge >= 0.3 is 0 Å².